The van der Waals surface area contributed by atoms with Crippen LogP contribution in [0.3, 0.4) is 0 Å². The Bertz CT molecular complexity index is 1010. The molecule has 1 N–H and O–H groups in total. The van der Waals surface area contributed by atoms with Crippen molar-refractivity contribution in [2.75, 3.05) is 5.32 Å². The molecule has 1 heterocycles. The number of carbonyl (C=O) groups excluding carboxylic acids is 1. The predicted molar refractivity (Wildman–Crippen MR) is 100.0 cm³/mol. The number of nitro benzene ring substituents is 1. The van der Waals surface area contributed by atoms with Gasteiger partial charge in [0.05, 0.1) is 15.0 Å². The van der Waals surface area contributed by atoms with Crippen molar-refractivity contribution in [1.29, 1.82) is 0 Å². The van der Waals surface area contributed by atoms with Crippen molar-refractivity contribution < 1.29 is 14.1 Å². The van der Waals surface area contributed by atoms with E-state index in [2.05, 4.69) is 5.32 Å². The minimum Gasteiger partial charge on any atom is -0.451 e. The molecule has 1 amide bonds. The van der Waals surface area contributed by atoms with Gasteiger partial charge < -0.3 is 9.73 Å². The summed E-state index contributed by atoms with van der Waals surface area (Å²) in [6.07, 6.45) is 0. The van der Waals surface area contributed by atoms with Gasteiger partial charge in [0.15, 0.2) is 5.76 Å². The standard InChI is InChI=1S/C18H12Cl2N2O4/c1-10-8-12(22(24)25)3-5-15(10)21-18(23)17-7-6-16(26-17)11-2-4-13(19)14(20)9-11/h2-9H,1H3,(H,21,23). The van der Waals surface area contributed by atoms with E-state index in [1.54, 1.807) is 31.2 Å². The van der Waals surface area contributed by atoms with Crippen molar-refractivity contribution in [3.8, 4) is 11.3 Å². The summed E-state index contributed by atoms with van der Waals surface area (Å²) in [6.45, 7) is 1.67. The number of rotatable bonds is 4. The van der Waals surface area contributed by atoms with Gasteiger partial charge in [-0.3, -0.25) is 14.9 Å². The number of aryl methyl sites for hydroxylation is 1. The predicted octanol–water partition coefficient (Wildman–Crippen LogP) is 5.72. The van der Waals surface area contributed by atoms with Gasteiger partial charge in [-0.25, -0.2) is 0 Å². The number of nitrogens with one attached hydrogen (secondary N) is 1. The maximum atomic E-state index is 12.4. The van der Waals surface area contributed by atoms with Crippen molar-refractivity contribution in [3.63, 3.8) is 0 Å². The Morgan fingerprint density at radius 3 is 2.50 bits per heavy atom. The van der Waals surface area contributed by atoms with Crippen LogP contribution >= 0.6 is 23.2 Å². The number of hydrogen-bond acceptors (Lipinski definition) is 4. The largest absolute Gasteiger partial charge is 0.451 e. The quantitative estimate of drug-likeness (QED) is 0.455. The van der Waals surface area contributed by atoms with E-state index in [9.17, 15) is 14.9 Å². The monoisotopic (exact) mass is 390 g/mol. The molecule has 1 aromatic heterocycles. The van der Waals surface area contributed by atoms with Crippen LogP contribution in [0.15, 0.2) is 52.9 Å². The van der Waals surface area contributed by atoms with E-state index in [4.69, 9.17) is 27.6 Å². The van der Waals surface area contributed by atoms with Gasteiger partial charge in [0.25, 0.3) is 11.6 Å². The molecule has 8 heteroatoms. The van der Waals surface area contributed by atoms with Crippen LogP contribution in [0.4, 0.5) is 11.4 Å². The lowest BCUT2D eigenvalue weighted by molar-refractivity contribution is -0.384. The SMILES string of the molecule is Cc1cc([N+](=O)[O-])ccc1NC(=O)c1ccc(-c2ccc(Cl)c(Cl)c2)o1. The summed E-state index contributed by atoms with van der Waals surface area (Å²) < 4.78 is 5.58. The molecule has 0 radical (unpaired) electrons. The fourth-order valence-corrected chi connectivity index (χ4v) is 2.65. The zero-order valence-corrected chi connectivity index (χ0v) is 15.0. The molecule has 0 spiro atoms. The molecule has 3 rings (SSSR count). The maximum Gasteiger partial charge on any atom is 0.291 e. The first kappa shape index (κ1) is 18.0. The van der Waals surface area contributed by atoms with E-state index >= 15 is 0 Å². The number of nitro groups is 1. The molecule has 0 saturated carbocycles. The van der Waals surface area contributed by atoms with Crippen LogP contribution in [0.1, 0.15) is 16.1 Å². The van der Waals surface area contributed by atoms with Crippen molar-refractivity contribution >= 4 is 40.5 Å². The Morgan fingerprint density at radius 2 is 1.85 bits per heavy atom. The molecule has 3 aromatic rings. The lowest BCUT2D eigenvalue weighted by atomic mass is 10.1. The van der Waals surface area contributed by atoms with E-state index in [-0.39, 0.29) is 11.4 Å². The molecular weight excluding hydrogens is 379 g/mol. The molecule has 0 saturated heterocycles. The Labute approximate surface area is 158 Å². The minimum absolute atomic E-state index is 0.0413. The lowest BCUT2D eigenvalue weighted by Crippen LogP contribution is -2.11. The number of benzene rings is 2. The zero-order chi connectivity index (χ0) is 18.8. The highest BCUT2D eigenvalue weighted by Crippen LogP contribution is 2.30. The first-order valence-corrected chi connectivity index (χ1v) is 8.22. The molecule has 0 atom stereocenters. The third kappa shape index (κ3) is 3.71. The van der Waals surface area contributed by atoms with Gasteiger partial charge in [-0.1, -0.05) is 23.2 Å². The molecule has 0 fully saturated rings. The van der Waals surface area contributed by atoms with Crippen molar-refractivity contribution in [3.05, 3.63) is 80.0 Å². The first-order chi connectivity index (χ1) is 12.3. The Morgan fingerprint density at radius 1 is 1.08 bits per heavy atom. The Kier molecular flexibility index (Phi) is 4.97. The molecule has 0 aliphatic rings. The summed E-state index contributed by atoms with van der Waals surface area (Å²) in [4.78, 5) is 22.6. The number of carbonyl (C=O) groups is 1. The number of furan rings is 1. The molecule has 26 heavy (non-hydrogen) atoms. The van der Waals surface area contributed by atoms with Gasteiger partial charge in [0.2, 0.25) is 0 Å². The number of anilines is 1. The number of non-ortho nitro benzene ring substituents is 1. The van der Waals surface area contributed by atoms with Crippen LogP contribution in [-0.2, 0) is 0 Å². The van der Waals surface area contributed by atoms with E-state index < -0.39 is 10.8 Å². The van der Waals surface area contributed by atoms with Crippen LogP contribution in [-0.4, -0.2) is 10.8 Å². The summed E-state index contributed by atoms with van der Waals surface area (Å²) in [5.41, 5.74) is 1.68. The van der Waals surface area contributed by atoms with Crippen molar-refractivity contribution in [2.45, 2.75) is 6.92 Å². The van der Waals surface area contributed by atoms with E-state index in [0.29, 0.717) is 32.6 Å². The maximum absolute atomic E-state index is 12.4. The van der Waals surface area contributed by atoms with Crippen LogP contribution in [0, 0.1) is 17.0 Å². The minimum atomic E-state index is -0.491. The third-order valence-electron chi connectivity index (χ3n) is 3.70. The summed E-state index contributed by atoms with van der Waals surface area (Å²) in [5.74, 6) is 0.103. The summed E-state index contributed by atoms with van der Waals surface area (Å²) >= 11 is 11.9. The van der Waals surface area contributed by atoms with Gasteiger partial charge >= 0.3 is 0 Å². The van der Waals surface area contributed by atoms with Gasteiger partial charge in [-0.15, -0.1) is 0 Å². The van der Waals surface area contributed by atoms with Crippen LogP contribution in [0.2, 0.25) is 10.0 Å². The Balaban J connectivity index is 1.80. The van der Waals surface area contributed by atoms with Crippen molar-refractivity contribution in [2.24, 2.45) is 0 Å². The second-order valence-electron chi connectivity index (χ2n) is 5.50. The van der Waals surface area contributed by atoms with Crippen molar-refractivity contribution in [1.82, 2.24) is 0 Å². The Hall–Kier alpha value is -2.83. The fourth-order valence-electron chi connectivity index (χ4n) is 2.35. The molecule has 0 bridgehead atoms. The normalized spacial score (nSPS) is 10.6. The number of hydrogen-bond donors (Lipinski definition) is 1. The second-order valence-corrected chi connectivity index (χ2v) is 6.32. The fraction of sp³-hybridized carbons (Fsp3) is 0.0556. The highest BCUT2D eigenvalue weighted by Gasteiger charge is 2.15. The first-order valence-electron chi connectivity index (χ1n) is 7.47. The van der Waals surface area contributed by atoms with Crippen LogP contribution in [0.5, 0.6) is 0 Å². The highest BCUT2D eigenvalue weighted by atomic mass is 35.5. The molecular formula is C18H12Cl2N2O4. The van der Waals surface area contributed by atoms with Crippen LogP contribution < -0.4 is 5.32 Å². The number of halogens is 2. The highest BCUT2D eigenvalue weighted by molar-refractivity contribution is 6.42. The van der Waals surface area contributed by atoms with E-state index in [1.165, 1.54) is 24.3 Å². The molecule has 0 aliphatic heterocycles. The molecule has 132 valence electrons. The molecule has 2 aromatic carbocycles. The van der Waals surface area contributed by atoms with Gasteiger partial charge in [-0.05, 0) is 48.9 Å². The summed E-state index contributed by atoms with van der Waals surface area (Å²) in [7, 11) is 0. The zero-order valence-electron chi connectivity index (χ0n) is 13.5. The summed E-state index contributed by atoms with van der Waals surface area (Å²) in [5, 5.41) is 14.3. The van der Waals surface area contributed by atoms with E-state index in [1.807, 2.05) is 0 Å². The van der Waals surface area contributed by atoms with Crippen LogP contribution in [0.25, 0.3) is 11.3 Å². The third-order valence-corrected chi connectivity index (χ3v) is 4.44. The second kappa shape index (κ2) is 7.19. The number of amides is 1. The average molecular weight is 391 g/mol. The van der Waals surface area contributed by atoms with Gasteiger partial charge in [0.1, 0.15) is 5.76 Å². The lowest BCUT2D eigenvalue weighted by Gasteiger charge is -2.06. The van der Waals surface area contributed by atoms with E-state index in [0.717, 1.165) is 0 Å². The molecule has 6 nitrogen and oxygen atoms in total. The molecule has 0 aliphatic carbocycles. The average Bonchev–Trinajstić information content (AvgIpc) is 3.09. The number of nitrogens with zero attached hydrogens (tertiary/aromatic N) is 1. The van der Waals surface area contributed by atoms with Gasteiger partial charge in [-0.2, -0.15) is 0 Å². The molecule has 0 unspecified atom stereocenters. The smallest absolute Gasteiger partial charge is 0.291 e. The van der Waals surface area contributed by atoms with Gasteiger partial charge in [0, 0.05) is 23.4 Å². The summed E-state index contributed by atoms with van der Waals surface area (Å²) in [6, 6.07) is 12.4. The topological polar surface area (TPSA) is 85.4 Å².